The Bertz CT molecular complexity index is 734. The highest BCUT2D eigenvalue weighted by Gasteiger charge is 2.18. The van der Waals surface area contributed by atoms with Gasteiger partial charge in [-0.1, -0.05) is 0 Å². The van der Waals surface area contributed by atoms with Gasteiger partial charge in [-0.25, -0.2) is 0 Å². The first-order valence-corrected chi connectivity index (χ1v) is 9.14. The third kappa shape index (κ3) is 3.73. The highest BCUT2D eigenvalue weighted by Crippen LogP contribution is 2.18. The van der Waals surface area contributed by atoms with Crippen LogP contribution in [0.3, 0.4) is 0 Å². The molecule has 2 aliphatic rings. The van der Waals surface area contributed by atoms with E-state index in [1.165, 1.54) is 12.8 Å². The van der Waals surface area contributed by atoms with Crippen LogP contribution in [0.1, 0.15) is 37.9 Å². The van der Waals surface area contributed by atoms with Gasteiger partial charge in [0.2, 0.25) is 5.91 Å². The fourth-order valence-corrected chi connectivity index (χ4v) is 3.44. The molecule has 2 saturated heterocycles. The lowest BCUT2D eigenvalue weighted by Gasteiger charge is -2.15. The van der Waals surface area contributed by atoms with Crippen molar-refractivity contribution in [2.45, 2.75) is 44.6 Å². The molecule has 8 nitrogen and oxygen atoms in total. The summed E-state index contributed by atoms with van der Waals surface area (Å²) in [5, 5.41) is 16.0. The van der Waals surface area contributed by atoms with Gasteiger partial charge in [-0.2, -0.15) is 4.52 Å². The Kier molecular flexibility index (Phi) is 4.78. The van der Waals surface area contributed by atoms with Gasteiger partial charge in [-0.05, 0) is 37.8 Å². The minimum absolute atomic E-state index is 0.0166. The number of carbonyl (C=O) groups is 1. The summed E-state index contributed by atoms with van der Waals surface area (Å²) in [6.07, 6.45) is 5.59. The molecule has 8 heteroatoms. The molecule has 4 heterocycles. The molecule has 2 fully saturated rings. The standard InChI is InChI=1S/C17H24N6O2/c24-17(18-12-13-4-3-11-25-13)8-7-15-20-19-14-5-6-16(21-23(14)15)22-9-1-2-10-22/h5-6,13H,1-4,7-12H2,(H,18,24)/t13-/m0/s1. The highest BCUT2D eigenvalue weighted by molar-refractivity contribution is 5.76. The fraction of sp³-hybridized carbons (Fsp3) is 0.647. The quantitative estimate of drug-likeness (QED) is 0.840. The molecule has 0 aliphatic carbocycles. The zero-order chi connectivity index (χ0) is 17.1. The van der Waals surface area contributed by atoms with E-state index in [1.54, 1.807) is 4.52 Å². The van der Waals surface area contributed by atoms with E-state index < -0.39 is 0 Å². The molecular formula is C17H24N6O2. The Balaban J connectivity index is 1.37. The lowest BCUT2D eigenvalue weighted by Crippen LogP contribution is -2.32. The second-order valence-electron chi connectivity index (χ2n) is 6.71. The molecule has 2 aromatic heterocycles. The summed E-state index contributed by atoms with van der Waals surface area (Å²) in [5.74, 6) is 1.69. The molecule has 1 amide bonds. The van der Waals surface area contributed by atoms with Gasteiger partial charge in [0, 0.05) is 39.1 Å². The lowest BCUT2D eigenvalue weighted by atomic mass is 10.2. The molecule has 4 rings (SSSR count). The Morgan fingerprint density at radius 2 is 2.12 bits per heavy atom. The van der Waals surface area contributed by atoms with Crippen molar-refractivity contribution in [2.24, 2.45) is 0 Å². The highest BCUT2D eigenvalue weighted by atomic mass is 16.5. The van der Waals surface area contributed by atoms with Gasteiger partial charge >= 0.3 is 0 Å². The van der Waals surface area contributed by atoms with E-state index in [4.69, 9.17) is 4.74 Å². The molecule has 25 heavy (non-hydrogen) atoms. The summed E-state index contributed by atoms with van der Waals surface area (Å²) in [5.41, 5.74) is 0.720. The van der Waals surface area contributed by atoms with Crippen LogP contribution in [0.2, 0.25) is 0 Å². The van der Waals surface area contributed by atoms with Crippen molar-refractivity contribution >= 4 is 17.4 Å². The average molecular weight is 344 g/mol. The third-order valence-corrected chi connectivity index (χ3v) is 4.87. The van der Waals surface area contributed by atoms with Crippen molar-refractivity contribution in [1.29, 1.82) is 0 Å². The van der Waals surface area contributed by atoms with Gasteiger partial charge in [0.15, 0.2) is 11.5 Å². The zero-order valence-electron chi connectivity index (χ0n) is 14.4. The first-order chi connectivity index (χ1) is 12.3. The smallest absolute Gasteiger partial charge is 0.220 e. The second-order valence-corrected chi connectivity index (χ2v) is 6.71. The number of hydrogen-bond donors (Lipinski definition) is 1. The zero-order valence-corrected chi connectivity index (χ0v) is 14.4. The van der Waals surface area contributed by atoms with E-state index in [1.807, 2.05) is 12.1 Å². The Morgan fingerprint density at radius 1 is 1.24 bits per heavy atom. The molecule has 2 aliphatic heterocycles. The Labute approximate surface area is 146 Å². The predicted octanol–water partition coefficient (Wildman–Crippen LogP) is 0.952. The summed E-state index contributed by atoms with van der Waals surface area (Å²) in [7, 11) is 0. The lowest BCUT2D eigenvalue weighted by molar-refractivity contribution is -0.121. The molecule has 0 aromatic carbocycles. The second kappa shape index (κ2) is 7.35. The number of nitrogens with zero attached hydrogens (tertiary/aromatic N) is 5. The topological polar surface area (TPSA) is 84.7 Å². The van der Waals surface area contributed by atoms with E-state index in [2.05, 4.69) is 25.5 Å². The van der Waals surface area contributed by atoms with Gasteiger partial charge in [-0.15, -0.1) is 15.3 Å². The summed E-state index contributed by atoms with van der Waals surface area (Å²) in [6, 6.07) is 3.93. The van der Waals surface area contributed by atoms with E-state index in [0.29, 0.717) is 19.4 Å². The van der Waals surface area contributed by atoms with Crippen LogP contribution < -0.4 is 10.2 Å². The number of fused-ring (bicyclic) bond motifs is 1. The van der Waals surface area contributed by atoms with E-state index in [-0.39, 0.29) is 12.0 Å². The van der Waals surface area contributed by atoms with E-state index >= 15 is 0 Å². The van der Waals surface area contributed by atoms with Crippen LogP contribution in [0.4, 0.5) is 5.82 Å². The van der Waals surface area contributed by atoms with Crippen LogP contribution in [0.25, 0.3) is 5.65 Å². The average Bonchev–Trinajstić information content (AvgIpc) is 3.39. The van der Waals surface area contributed by atoms with Crippen LogP contribution in [-0.4, -0.2) is 58.1 Å². The van der Waals surface area contributed by atoms with Crippen molar-refractivity contribution in [1.82, 2.24) is 25.1 Å². The number of anilines is 1. The maximum absolute atomic E-state index is 12.1. The van der Waals surface area contributed by atoms with Gasteiger partial charge < -0.3 is 15.0 Å². The molecule has 0 radical (unpaired) electrons. The Morgan fingerprint density at radius 3 is 2.92 bits per heavy atom. The van der Waals surface area contributed by atoms with Crippen LogP contribution in [-0.2, 0) is 16.0 Å². The number of amides is 1. The number of ether oxygens (including phenoxy) is 1. The molecule has 0 unspecified atom stereocenters. The fourth-order valence-electron chi connectivity index (χ4n) is 3.44. The molecule has 1 N–H and O–H groups in total. The first-order valence-electron chi connectivity index (χ1n) is 9.14. The SMILES string of the molecule is O=C(CCc1nnc2ccc(N3CCCC3)nn12)NC[C@@H]1CCCO1. The first kappa shape index (κ1) is 16.3. The molecule has 0 saturated carbocycles. The summed E-state index contributed by atoms with van der Waals surface area (Å²) >= 11 is 0. The number of aromatic nitrogens is 4. The van der Waals surface area contributed by atoms with Crippen LogP contribution >= 0.6 is 0 Å². The van der Waals surface area contributed by atoms with Crippen LogP contribution in [0.5, 0.6) is 0 Å². The number of rotatable bonds is 6. The summed E-state index contributed by atoms with van der Waals surface area (Å²) < 4.78 is 7.28. The van der Waals surface area contributed by atoms with Crippen molar-refractivity contribution in [3.05, 3.63) is 18.0 Å². The van der Waals surface area contributed by atoms with Crippen LogP contribution in [0.15, 0.2) is 12.1 Å². The third-order valence-electron chi connectivity index (χ3n) is 4.87. The van der Waals surface area contributed by atoms with E-state index in [9.17, 15) is 4.79 Å². The number of carbonyl (C=O) groups excluding carboxylic acids is 1. The molecule has 2 aromatic rings. The van der Waals surface area contributed by atoms with Gasteiger partial charge in [-0.3, -0.25) is 4.79 Å². The summed E-state index contributed by atoms with van der Waals surface area (Å²) in [6.45, 7) is 3.48. The number of hydrogen-bond acceptors (Lipinski definition) is 6. The van der Waals surface area contributed by atoms with Gasteiger partial charge in [0.25, 0.3) is 0 Å². The largest absolute Gasteiger partial charge is 0.376 e. The van der Waals surface area contributed by atoms with Crippen molar-refractivity contribution in [2.75, 3.05) is 31.1 Å². The van der Waals surface area contributed by atoms with E-state index in [0.717, 1.165) is 49.8 Å². The van der Waals surface area contributed by atoms with Gasteiger partial charge in [0.05, 0.1) is 6.10 Å². The van der Waals surface area contributed by atoms with Crippen molar-refractivity contribution in [3.8, 4) is 0 Å². The minimum Gasteiger partial charge on any atom is -0.376 e. The minimum atomic E-state index is 0.0166. The number of nitrogens with one attached hydrogen (secondary N) is 1. The monoisotopic (exact) mass is 344 g/mol. The maximum atomic E-state index is 12.1. The normalized spacial score (nSPS) is 20.5. The van der Waals surface area contributed by atoms with Crippen molar-refractivity contribution < 1.29 is 9.53 Å². The van der Waals surface area contributed by atoms with Crippen LogP contribution in [0, 0.1) is 0 Å². The van der Waals surface area contributed by atoms with Crippen molar-refractivity contribution in [3.63, 3.8) is 0 Å². The molecule has 0 bridgehead atoms. The predicted molar refractivity (Wildman–Crippen MR) is 92.5 cm³/mol. The maximum Gasteiger partial charge on any atom is 0.220 e. The molecule has 134 valence electrons. The Hall–Kier alpha value is -2.22. The molecule has 1 atom stereocenters. The molecular weight excluding hydrogens is 320 g/mol. The number of aryl methyl sites for hydroxylation is 1. The summed E-state index contributed by atoms with van der Waals surface area (Å²) in [4.78, 5) is 14.3. The molecule has 0 spiro atoms. The van der Waals surface area contributed by atoms with Gasteiger partial charge in [0.1, 0.15) is 5.82 Å².